The van der Waals surface area contributed by atoms with Crippen LogP contribution in [0.15, 0.2) is 24.4 Å². The van der Waals surface area contributed by atoms with E-state index in [9.17, 15) is 24.6 Å². The van der Waals surface area contributed by atoms with Gasteiger partial charge >= 0.3 is 18.0 Å². The lowest BCUT2D eigenvalue weighted by Crippen LogP contribution is -2.51. The lowest BCUT2D eigenvalue weighted by atomic mass is 10.0. The number of carbonyl (C=O) groups is 3. The molecule has 9 nitrogen and oxygen atoms in total. The molecule has 1 aliphatic heterocycles. The van der Waals surface area contributed by atoms with Crippen molar-refractivity contribution in [2.75, 3.05) is 26.2 Å². The number of amides is 1. The Bertz CT molecular complexity index is 983. The molecule has 1 unspecified atom stereocenters. The van der Waals surface area contributed by atoms with Crippen LogP contribution in [-0.2, 0) is 16.6 Å². The zero-order chi connectivity index (χ0) is 22.2. The van der Waals surface area contributed by atoms with Crippen molar-refractivity contribution in [3.05, 3.63) is 35.5 Å². The second-order valence-corrected chi connectivity index (χ2v) is 8.48. The highest BCUT2D eigenvalue weighted by Gasteiger charge is 2.34. The van der Waals surface area contributed by atoms with Crippen LogP contribution in [0, 0.1) is 0 Å². The van der Waals surface area contributed by atoms with Crippen molar-refractivity contribution in [3.63, 3.8) is 0 Å². The molecule has 1 saturated heterocycles. The first-order valence-electron chi connectivity index (χ1n) is 9.75. The molecule has 3 rings (SSSR count). The maximum absolute atomic E-state index is 12.3. The number of aliphatic carboxylic acids is 1. The number of piperazine rings is 1. The highest BCUT2D eigenvalue weighted by atomic mass is 16.6. The number of carboxylic acids is 2. The van der Waals surface area contributed by atoms with Crippen LogP contribution in [-0.4, -0.2) is 74.4 Å². The molecule has 1 atom stereocenters. The van der Waals surface area contributed by atoms with E-state index in [1.165, 1.54) is 6.07 Å². The fourth-order valence-corrected chi connectivity index (χ4v) is 3.74. The summed E-state index contributed by atoms with van der Waals surface area (Å²) < 4.78 is 7.14. The number of benzene rings is 1. The summed E-state index contributed by atoms with van der Waals surface area (Å²) in [6.07, 6.45) is 1.33. The topological polar surface area (TPSA) is 112 Å². The van der Waals surface area contributed by atoms with E-state index in [0.717, 1.165) is 0 Å². The molecule has 1 aliphatic rings. The molecule has 0 bridgehead atoms. The normalized spacial score (nSPS) is 16.5. The molecule has 0 spiro atoms. The third-order valence-corrected chi connectivity index (χ3v) is 5.13. The van der Waals surface area contributed by atoms with Crippen LogP contribution in [0.5, 0.6) is 0 Å². The van der Waals surface area contributed by atoms with E-state index in [1.807, 2.05) is 4.90 Å². The van der Waals surface area contributed by atoms with Gasteiger partial charge in [0.1, 0.15) is 11.6 Å². The molecule has 162 valence electrons. The average molecular weight is 417 g/mol. The number of rotatable bonds is 4. The minimum absolute atomic E-state index is 0.146. The molecule has 0 radical (unpaired) electrons. The van der Waals surface area contributed by atoms with Gasteiger partial charge in [0.25, 0.3) is 0 Å². The maximum atomic E-state index is 12.3. The predicted molar refractivity (Wildman–Crippen MR) is 110 cm³/mol. The van der Waals surface area contributed by atoms with Crippen molar-refractivity contribution in [2.24, 2.45) is 7.05 Å². The Kier molecular flexibility index (Phi) is 5.76. The molecule has 9 heteroatoms. The van der Waals surface area contributed by atoms with E-state index < -0.39 is 29.7 Å². The van der Waals surface area contributed by atoms with Crippen molar-refractivity contribution in [3.8, 4) is 0 Å². The number of ether oxygens (including phenoxy) is 1. The van der Waals surface area contributed by atoms with Gasteiger partial charge in [0, 0.05) is 55.9 Å². The molecule has 1 fully saturated rings. The Hall–Kier alpha value is -3.07. The number of aromatic nitrogens is 1. The summed E-state index contributed by atoms with van der Waals surface area (Å²) in [5.41, 5.74) is 0.814. The lowest BCUT2D eigenvalue weighted by Gasteiger charge is -2.38. The maximum Gasteiger partial charge on any atom is 0.410 e. The third kappa shape index (κ3) is 4.40. The van der Waals surface area contributed by atoms with Gasteiger partial charge in [-0.25, -0.2) is 9.59 Å². The number of hydrogen-bond acceptors (Lipinski definition) is 5. The number of carbonyl (C=O) groups excluding carboxylic acids is 1. The minimum atomic E-state index is -1.03. The molecule has 0 aliphatic carbocycles. The van der Waals surface area contributed by atoms with Crippen molar-refractivity contribution >= 4 is 28.9 Å². The molecule has 1 aromatic carbocycles. The quantitative estimate of drug-likeness (QED) is 0.786. The summed E-state index contributed by atoms with van der Waals surface area (Å²) in [6.45, 7) is 6.92. The van der Waals surface area contributed by atoms with Crippen LogP contribution in [0.3, 0.4) is 0 Å². The molecule has 1 aromatic heterocycles. The van der Waals surface area contributed by atoms with E-state index in [-0.39, 0.29) is 5.56 Å². The molecule has 0 saturated carbocycles. The number of aromatic carboxylic acids is 1. The fraction of sp³-hybridized carbons (Fsp3) is 0.476. The average Bonchev–Trinajstić information content (AvgIpc) is 2.96. The van der Waals surface area contributed by atoms with Crippen LogP contribution in [0.4, 0.5) is 4.79 Å². The summed E-state index contributed by atoms with van der Waals surface area (Å²) in [6, 6.07) is 3.78. The van der Waals surface area contributed by atoms with E-state index in [2.05, 4.69) is 0 Å². The van der Waals surface area contributed by atoms with Gasteiger partial charge in [-0.3, -0.25) is 9.69 Å². The Morgan fingerprint density at radius 2 is 1.70 bits per heavy atom. The molecule has 30 heavy (non-hydrogen) atoms. The number of carboxylic acid groups (broad SMARTS) is 2. The number of nitrogens with zero attached hydrogens (tertiary/aromatic N) is 3. The van der Waals surface area contributed by atoms with Gasteiger partial charge in [-0.2, -0.15) is 0 Å². The molecule has 2 aromatic rings. The molecular weight excluding hydrogens is 390 g/mol. The van der Waals surface area contributed by atoms with Crippen molar-refractivity contribution in [1.29, 1.82) is 0 Å². The highest BCUT2D eigenvalue weighted by molar-refractivity contribution is 5.96. The van der Waals surface area contributed by atoms with Crippen molar-refractivity contribution in [2.45, 2.75) is 32.4 Å². The first-order chi connectivity index (χ1) is 14.0. The van der Waals surface area contributed by atoms with Crippen LogP contribution in [0.25, 0.3) is 10.9 Å². The first kappa shape index (κ1) is 21.6. The van der Waals surface area contributed by atoms with Gasteiger partial charge in [0.15, 0.2) is 0 Å². The van der Waals surface area contributed by atoms with Gasteiger partial charge in [-0.15, -0.1) is 0 Å². The predicted octanol–water partition coefficient (Wildman–Crippen LogP) is 2.55. The van der Waals surface area contributed by atoms with Gasteiger partial charge < -0.3 is 24.4 Å². The zero-order valence-electron chi connectivity index (χ0n) is 17.6. The monoisotopic (exact) mass is 417 g/mol. The highest BCUT2D eigenvalue weighted by Crippen LogP contribution is 2.31. The Balaban J connectivity index is 1.84. The van der Waals surface area contributed by atoms with Gasteiger partial charge in [-0.05, 0) is 32.9 Å². The van der Waals surface area contributed by atoms with E-state index in [1.54, 1.807) is 55.6 Å². The summed E-state index contributed by atoms with van der Waals surface area (Å²) in [4.78, 5) is 39.1. The standard InChI is InChI=1S/C21H27N3O6/c1-21(2,3)30-20(29)24-9-7-23(8-10-24)17(19(27)28)15-12-22(4)16-11-13(18(25)26)5-6-14(15)16/h5-6,11-12,17H,7-10H2,1-4H3,(H,25,26)(H,27,28). The van der Waals surface area contributed by atoms with E-state index in [0.29, 0.717) is 42.6 Å². The third-order valence-electron chi connectivity index (χ3n) is 5.13. The SMILES string of the molecule is Cn1cc(C(C(=O)O)N2CCN(C(=O)OC(C)(C)C)CC2)c2ccc(C(=O)O)cc21. The smallest absolute Gasteiger partial charge is 0.410 e. The Morgan fingerprint density at radius 3 is 2.23 bits per heavy atom. The lowest BCUT2D eigenvalue weighted by molar-refractivity contribution is -0.144. The minimum Gasteiger partial charge on any atom is -0.480 e. The molecule has 2 heterocycles. The largest absolute Gasteiger partial charge is 0.480 e. The van der Waals surface area contributed by atoms with Crippen molar-refractivity contribution in [1.82, 2.24) is 14.4 Å². The zero-order valence-corrected chi connectivity index (χ0v) is 17.6. The fourth-order valence-electron chi connectivity index (χ4n) is 3.74. The second-order valence-electron chi connectivity index (χ2n) is 8.48. The van der Waals surface area contributed by atoms with Crippen molar-refractivity contribution < 1.29 is 29.3 Å². The Labute approximate surface area is 174 Å². The first-order valence-corrected chi connectivity index (χ1v) is 9.75. The summed E-state index contributed by atoms with van der Waals surface area (Å²) in [7, 11) is 1.76. The second kappa shape index (κ2) is 7.98. The number of aryl methyl sites for hydroxylation is 1. The summed E-state index contributed by atoms with van der Waals surface area (Å²) >= 11 is 0. The van der Waals surface area contributed by atoms with Crippen LogP contribution < -0.4 is 0 Å². The Morgan fingerprint density at radius 1 is 1.07 bits per heavy atom. The van der Waals surface area contributed by atoms with Crippen LogP contribution in [0.1, 0.15) is 42.7 Å². The van der Waals surface area contributed by atoms with Crippen LogP contribution in [0.2, 0.25) is 0 Å². The van der Waals surface area contributed by atoms with E-state index >= 15 is 0 Å². The van der Waals surface area contributed by atoms with Gasteiger partial charge in [0.2, 0.25) is 0 Å². The molecular formula is C21H27N3O6. The van der Waals surface area contributed by atoms with Crippen LogP contribution >= 0.6 is 0 Å². The molecule has 1 amide bonds. The number of hydrogen-bond donors (Lipinski definition) is 2. The van der Waals surface area contributed by atoms with Gasteiger partial charge in [0.05, 0.1) is 5.56 Å². The summed E-state index contributed by atoms with van der Waals surface area (Å²) in [5.74, 6) is -2.02. The number of fused-ring (bicyclic) bond motifs is 1. The summed E-state index contributed by atoms with van der Waals surface area (Å²) in [5, 5.41) is 19.9. The molecule has 2 N–H and O–H groups in total. The van der Waals surface area contributed by atoms with Gasteiger partial charge in [-0.1, -0.05) is 6.07 Å². The van der Waals surface area contributed by atoms with E-state index in [4.69, 9.17) is 4.74 Å².